The largest absolute Gasteiger partial charge is 0.493 e. The first-order valence-corrected chi connectivity index (χ1v) is 10.3. The van der Waals surface area contributed by atoms with Crippen LogP contribution >= 0.6 is 0 Å². The second-order valence-corrected chi connectivity index (χ2v) is 7.74. The van der Waals surface area contributed by atoms with Crippen LogP contribution in [0, 0.1) is 6.92 Å². The van der Waals surface area contributed by atoms with E-state index in [0.717, 1.165) is 18.7 Å². The zero-order valence-electron chi connectivity index (χ0n) is 18.2. The summed E-state index contributed by atoms with van der Waals surface area (Å²) in [6.45, 7) is 2.92. The minimum absolute atomic E-state index is 0.00791. The maximum absolute atomic E-state index is 12.7. The molecule has 1 aliphatic rings. The van der Waals surface area contributed by atoms with Crippen molar-refractivity contribution in [1.29, 1.82) is 0 Å². The zero-order chi connectivity index (χ0) is 22.4. The second-order valence-electron chi connectivity index (χ2n) is 7.74. The Balaban J connectivity index is 1.51. The predicted octanol–water partition coefficient (Wildman–Crippen LogP) is 3.39. The topological polar surface area (TPSA) is 45.2 Å². The minimum atomic E-state index is -2.91. The van der Waals surface area contributed by atoms with E-state index in [1.807, 2.05) is 16.8 Å². The molecule has 2 aromatic rings. The van der Waals surface area contributed by atoms with Gasteiger partial charge in [-0.3, -0.25) is 9.69 Å². The van der Waals surface area contributed by atoms with Crippen molar-refractivity contribution < 1.29 is 23.0 Å². The summed E-state index contributed by atoms with van der Waals surface area (Å²) >= 11 is 0. The summed E-state index contributed by atoms with van der Waals surface area (Å²) in [6.07, 6.45) is 0. The monoisotopic (exact) mass is 433 g/mol. The van der Waals surface area contributed by atoms with Crippen LogP contribution in [0.5, 0.6) is 11.5 Å². The maximum Gasteiger partial charge on any atom is 0.387 e. The van der Waals surface area contributed by atoms with E-state index in [-0.39, 0.29) is 24.0 Å². The molecule has 2 aromatic carbocycles. The van der Waals surface area contributed by atoms with Crippen LogP contribution in [-0.2, 0) is 11.3 Å². The molecule has 1 saturated heterocycles. The Morgan fingerprint density at radius 3 is 2.48 bits per heavy atom. The summed E-state index contributed by atoms with van der Waals surface area (Å²) in [5, 5.41) is 0. The number of ether oxygens (including phenoxy) is 2. The highest BCUT2D eigenvalue weighted by atomic mass is 19.3. The van der Waals surface area contributed by atoms with Crippen molar-refractivity contribution in [3.8, 4) is 11.5 Å². The molecule has 3 rings (SSSR count). The number of hydrogen-bond acceptors (Lipinski definition) is 5. The van der Waals surface area contributed by atoms with E-state index in [1.54, 1.807) is 12.1 Å². The first kappa shape index (κ1) is 22.8. The summed E-state index contributed by atoms with van der Waals surface area (Å²) in [5.74, 6) is 0.312. The lowest BCUT2D eigenvalue weighted by molar-refractivity contribution is -0.132. The van der Waals surface area contributed by atoms with Gasteiger partial charge in [0.1, 0.15) is 0 Å². The number of alkyl halides is 2. The van der Waals surface area contributed by atoms with Gasteiger partial charge in [-0.15, -0.1) is 0 Å². The molecule has 0 aromatic heterocycles. The van der Waals surface area contributed by atoms with Gasteiger partial charge in [0.15, 0.2) is 11.5 Å². The Morgan fingerprint density at radius 1 is 1.10 bits per heavy atom. The molecule has 1 heterocycles. The third-order valence-corrected chi connectivity index (χ3v) is 5.30. The van der Waals surface area contributed by atoms with E-state index in [4.69, 9.17) is 4.74 Å². The first-order valence-electron chi connectivity index (χ1n) is 10.3. The van der Waals surface area contributed by atoms with Crippen LogP contribution in [0.4, 0.5) is 14.5 Å². The third kappa shape index (κ3) is 6.30. The van der Waals surface area contributed by atoms with Crippen molar-refractivity contribution in [3.05, 3.63) is 53.6 Å². The number of carbonyl (C=O) groups excluding carboxylic acids is 1. The van der Waals surface area contributed by atoms with Gasteiger partial charge in [0, 0.05) is 38.4 Å². The molecule has 168 valence electrons. The zero-order valence-corrected chi connectivity index (χ0v) is 18.2. The molecule has 6 nitrogen and oxygen atoms in total. The average Bonchev–Trinajstić information content (AvgIpc) is 2.74. The van der Waals surface area contributed by atoms with Crippen LogP contribution in [0.2, 0.25) is 0 Å². The summed E-state index contributed by atoms with van der Waals surface area (Å²) < 4.78 is 34.5. The fourth-order valence-corrected chi connectivity index (χ4v) is 3.74. The number of carbonyl (C=O) groups is 1. The molecule has 0 aliphatic carbocycles. The van der Waals surface area contributed by atoms with Gasteiger partial charge in [-0.1, -0.05) is 18.2 Å². The second kappa shape index (κ2) is 10.4. The lowest BCUT2D eigenvalue weighted by Crippen LogP contribution is -2.51. The Bertz CT molecular complexity index is 886. The van der Waals surface area contributed by atoms with Gasteiger partial charge in [-0.2, -0.15) is 8.78 Å². The normalized spacial score (nSPS) is 14.3. The number of amides is 1. The van der Waals surface area contributed by atoms with Gasteiger partial charge in [-0.25, -0.2) is 0 Å². The quantitative estimate of drug-likeness (QED) is 0.639. The van der Waals surface area contributed by atoms with Crippen molar-refractivity contribution >= 4 is 11.6 Å². The molecular weight excluding hydrogens is 404 g/mol. The fourth-order valence-electron chi connectivity index (χ4n) is 3.74. The number of anilines is 1. The van der Waals surface area contributed by atoms with Gasteiger partial charge in [0.2, 0.25) is 5.91 Å². The highest BCUT2D eigenvalue weighted by Gasteiger charge is 2.22. The molecule has 0 spiro atoms. The molecule has 0 unspecified atom stereocenters. The van der Waals surface area contributed by atoms with Crippen molar-refractivity contribution in [2.45, 2.75) is 20.1 Å². The summed E-state index contributed by atoms with van der Waals surface area (Å²) in [6, 6.07) is 13.2. The summed E-state index contributed by atoms with van der Waals surface area (Å²) in [4.78, 5) is 18.8. The van der Waals surface area contributed by atoms with E-state index in [1.165, 1.54) is 24.4 Å². The smallest absolute Gasteiger partial charge is 0.387 e. The van der Waals surface area contributed by atoms with E-state index in [9.17, 15) is 13.6 Å². The molecule has 1 amide bonds. The molecule has 1 aliphatic heterocycles. The van der Waals surface area contributed by atoms with Crippen molar-refractivity contribution in [1.82, 2.24) is 9.80 Å². The average molecular weight is 433 g/mol. The van der Waals surface area contributed by atoms with Crippen LogP contribution < -0.4 is 14.4 Å². The predicted molar refractivity (Wildman–Crippen MR) is 116 cm³/mol. The van der Waals surface area contributed by atoms with Crippen LogP contribution in [-0.4, -0.2) is 69.2 Å². The molecule has 8 heteroatoms. The molecule has 0 saturated carbocycles. The van der Waals surface area contributed by atoms with Crippen molar-refractivity contribution in [3.63, 3.8) is 0 Å². The molecule has 0 atom stereocenters. The number of rotatable bonds is 8. The van der Waals surface area contributed by atoms with E-state index in [0.29, 0.717) is 19.6 Å². The molecule has 0 radical (unpaired) electrons. The Hall–Kier alpha value is -2.87. The van der Waals surface area contributed by atoms with Crippen LogP contribution in [0.3, 0.4) is 0 Å². The van der Waals surface area contributed by atoms with Crippen LogP contribution in [0.25, 0.3) is 0 Å². The number of aryl methyl sites for hydroxylation is 1. The lowest BCUT2D eigenvalue weighted by atomic mass is 10.2. The molecule has 0 N–H and O–H groups in total. The number of methoxy groups -OCH3 is 1. The molecule has 1 fully saturated rings. The Morgan fingerprint density at radius 2 is 1.84 bits per heavy atom. The third-order valence-electron chi connectivity index (χ3n) is 5.30. The number of piperazine rings is 1. The fraction of sp³-hybridized carbons (Fsp3) is 0.435. The van der Waals surface area contributed by atoms with Gasteiger partial charge in [-0.05, 0) is 49.4 Å². The number of hydrogen-bond donors (Lipinski definition) is 0. The van der Waals surface area contributed by atoms with E-state index in [2.05, 4.69) is 40.8 Å². The summed E-state index contributed by atoms with van der Waals surface area (Å²) in [5.41, 5.74) is 3.26. The maximum atomic E-state index is 12.7. The van der Waals surface area contributed by atoms with Gasteiger partial charge in [0.25, 0.3) is 0 Å². The van der Waals surface area contributed by atoms with E-state index < -0.39 is 6.61 Å². The highest BCUT2D eigenvalue weighted by molar-refractivity contribution is 5.78. The van der Waals surface area contributed by atoms with Gasteiger partial charge >= 0.3 is 6.61 Å². The molecule has 0 bridgehead atoms. The summed E-state index contributed by atoms with van der Waals surface area (Å²) in [7, 11) is 3.26. The van der Waals surface area contributed by atoms with Crippen LogP contribution in [0.15, 0.2) is 42.5 Å². The van der Waals surface area contributed by atoms with Gasteiger partial charge < -0.3 is 19.3 Å². The number of nitrogens with zero attached hydrogens (tertiary/aromatic N) is 3. The van der Waals surface area contributed by atoms with Crippen molar-refractivity contribution in [2.75, 3.05) is 51.8 Å². The van der Waals surface area contributed by atoms with Gasteiger partial charge in [0.05, 0.1) is 13.7 Å². The lowest BCUT2D eigenvalue weighted by Gasteiger charge is -2.37. The standard InChI is InChI=1S/C23H29F2N3O3/c1-17-5-4-6-19(13-17)27-9-11-28(12-10-27)22(29)16-26(2)15-18-7-8-20(31-23(24)25)21(14-18)30-3/h4-8,13-14,23H,9-12,15-16H2,1-3H3. The highest BCUT2D eigenvalue weighted by Crippen LogP contribution is 2.29. The van der Waals surface area contributed by atoms with E-state index >= 15 is 0 Å². The SMILES string of the molecule is COc1cc(CN(C)CC(=O)N2CCN(c3cccc(C)c3)CC2)ccc1OC(F)F. The number of benzene rings is 2. The molecule has 31 heavy (non-hydrogen) atoms. The first-order chi connectivity index (χ1) is 14.9. The Labute approximate surface area is 181 Å². The Kier molecular flexibility index (Phi) is 7.68. The van der Waals surface area contributed by atoms with Crippen molar-refractivity contribution in [2.24, 2.45) is 0 Å². The molecular formula is C23H29F2N3O3. The minimum Gasteiger partial charge on any atom is -0.493 e. The van der Waals surface area contributed by atoms with Crippen LogP contribution in [0.1, 0.15) is 11.1 Å². The number of likely N-dealkylation sites (N-methyl/N-ethyl adjacent to an activating group) is 1. The number of halogens is 2.